The van der Waals surface area contributed by atoms with Crippen molar-refractivity contribution in [2.75, 3.05) is 38.1 Å². The Morgan fingerprint density at radius 2 is 2.00 bits per heavy atom. The SMILES string of the molecule is CNC(=O)c1ccc(N2CCN(C3CC=C(c4nc5ccc(F)cc5c(=O)[nH]4)C3)CC2)cn1. The summed E-state index contributed by atoms with van der Waals surface area (Å²) in [5.74, 6) is -0.0622. The van der Waals surface area contributed by atoms with E-state index in [1.54, 1.807) is 25.4 Å². The van der Waals surface area contributed by atoms with Gasteiger partial charge in [-0.15, -0.1) is 0 Å². The standard InChI is InChI=1S/C24H25FN6O2/c1-26-24(33)21-7-5-18(14-27-21)31-10-8-30(9-11-31)17-4-2-15(12-17)22-28-20-6-3-16(25)13-19(20)23(32)29-22/h2-3,5-7,13-14,17H,4,8-12H2,1H3,(H,26,33)(H,28,29,32). The highest BCUT2D eigenvalue weighted by Crippen LogP contribution is 2.30. The summed E-state index contributed by atoms with van der Waals surface area (Å²) < 4.78 is 13.5. The number of rotatable bonds is 4. The minimum Gasteiger partial charge on any atom is -0.368 e. The molecule has 1 amide bonds. The summed E-state index contributed by atoms with van der Waals surface area (Å²) in [5.41, 5.74) is 2.64. The molecule has 2 aromatic heterocycles. The van der Waals surface area contributed by atoms with E-state index in [9.17, 15) is 14.0 Å². The van der Waals surface area contributed by atoms with E-state index >= 15 is 0 Å². The Bertz CT molecular complexity index is 1280. The van der Waals surface area contributed by atoms with Crippen LogP contribution in [0.5, 0.6) is 0 Å². The van der Waals surface area contributed by atoms with Crippen molar-refractivity contribution in [1.82, 2.24) is 25.2 Å². The van der Waals surface area contributed by atoms with Gasteiger partial charge in [-0.05, 0) is 48.7 Å². The smallest absolute Gasteiger partial charge is 0.269 e. The molecule has 1 saturated heterocycles. The largest absolute Gasteiger partial charge is 0.368 e. The molecule has 33 heavy (non-hydrogen) atoms. The highest BCUT2D eigenvalue weighted by molar-refractivity contribution is 5.92. The van der Waals surface area contributed by atoms with Crippen LogP contribution in [0, 0.1) is 5.82 Å². The predicted molar refractivity (Wildman–Crippen MR) is 125 cm³/mol. The maximum absolute atomic E-state index is 13.5. The second-order valence-corrected chi connectivity index (χ2v) is 8.40. The fraction of sp³-hybridized carbons (Fsp3) is 0.333. The zero-order chi connectivity index (χ0) is 22.9. The lowest BCUT2D eigenvalue weighted by Gasteiger charge is -2.39. The molecular formula is C24H25FN6O2. The van der Waals surface area contributed by atoms with Gasteiger partial charge in [0.1, 0.15) is 17.3 Å². The molecule has 8 nitrogen and oxygen atoms in total. The van der Waals surface area contributed by atoms with Gasteiger partial charge in [0.25, 0.3) is 11.5 Å². The molecule has 3 heterocycles. The van der Waals surface area contributed by atoms with Crippen LogP contribution in [-0.4, -0.2) is 65.0 Å². The van der Waals surface area contributed by atoms with Gasteiger partial charge in [0.05, 0.1) is 22.8 Å². The number of aromatic amines is 1. The number of hydrogen-bond donors (Lipinski definition) is 2. The van der Waals surface area contributed by atoms with Crippen molar-refractivity contribution in [3.63, 3.8) is 0 Å². The molecular weight excluding hydrogens is 423 g/mol. The van der Waals surface area contributed by atoms with Crippen molar-refractivity contribution < 1.29 is 9.18 Å². The van der Waals surface area contributed by atoms with Crippen molar-refractivity contribution in [1.29, 1.82) is 0 Å². The van der Waals surface area contributed by atoms with Crippen LogP contribution in [0.3, 0.4) is 0 Å². The number of nitrogens with one attached hydrogen (secondary N) is 2. The number of anilines is 1. The van der Waals surface area contributed by atoms with Gasteiger partial charge in [0.15, 0.2) is 0 Å². The highest BCUT2D eigenvalue weighted by atomic mass is 19.1. The molecule has 0 spiro atoms. The average Bonchev–Trinajstić information content (AvgIpc) is 3.34. The Morgan fingerprint density at radius 3 is 2.73 bits per heavy atom. The third kappa shape index (κ3) is 4.23. The minimum atomic E-state index is -0.444. The summed E-state index contributed by atoms with van der Waals surface area (Å²) in [4.78, 5) is 40.5. The molecule has 9 heteroatoms. The van der Waals surface area contributed by atoms with Crippen molar-refractivity contribution in [3.05, 3.63) is 70.3 Å². The van der Waals surface area contributed by atoms with E-state index in [0.29, 0.717) is 23.1 Å². The molecule has 2 N–H and O–H groups in total. The van der Waals surface area contributed by atoms with Crippen LogP contribution in [0.2, 0.25) is 0 Å². The summed E-state index contributed by atoms with van der Waals surface area (Å²) in [6.07, 6.45) is 5.62. The summed E-state index contributed by atoms with van der Waals surface area (Å²) in [6, 6.07) is 8.15. The molecule has 1 fully saturated rings. The van der Waals surface area contributed by atoms with Crippen molar-refractivity contribution in [2.45, 2.75) is 18.9 Å². The number of benzene rings is 1. The predicted octanol–water partition coefficient (Wildman–Crippen LogP) is 2.18. The fourth-order valence-corrected chi connectivity index (χ4v) is 4.61. The highest BCUT2D eigenvalue weighted by Gasteiger charge is 2.28. The molecule has 0 radical (unpaired) electrons. The first kappa shape index (κ1) is 21.3. The zero-order valence-electron chi connectivity index (χ0n) is 18.3. The molecule has 1 aromatic carbocycles. The molecule has 1 aliphatic heterocycles. The van der Waals surface area contributed by atoms with Crippen LogP contribution in [0.4, 0.5) is 10.1 Å². The molecule has 1 atom stereocenters. The van der Waals surface area contributed by atoms with Crippen molar-refractivity contribution in [3.8, 4) is 0 Å². The molecule has 170 valence electrons. The Morgan fingerprint density at radius 1 is 1.18 bits per heavy atom. The second-order valence-electron chi connectivity index (χ2n) is 8.40. The van der Waals surface area contributed by atoms with Gasteiger partial charge in [-0.1, -0.05) is 6.08 Å². The number of H-pyrrole nitrogens is 1. The summed E-state index contributed by atoms with van der Waals surface area (Å²) in [5, 5.41) is 2.85. The lowest BCUT2D eigenvalue weighted by atomic mass is 10.1. The minimum absolute atomic E-state index is 0.190. The number of aromatic nitrogens is 3. The fourth-order valence-electron chi connectivity index (χ4n) is 4.61. The maximum Gasteiger partial charge on any atom is 0.269 e. The number of carbonyl (C=O) groups is 1. The molecule has 2 aliphatic rings. The molecule has 5 rings (SSSR count). The van der Waals surface area contributed by atoms with Crippen LogP contribution >= 0.6 is 0 Å². The van der Waals surface area contributed by atoms with Gasteiger partial charge in [-0.3, -0.25) is 14.5 Å². The topological polar surface area (TPSA) is 94.2 Å². The van der Waals surface area contributed by atoms with E-state index in [4.69, 9.17) is 0 Å². The first-order valence-corrected chi connectivity index (χ1v) is 11.1. The van der Waals surface area contributed by atoms with E-state index in [0.717, 1.165) is 50.3 Å². The summed E-state index contributed by atoms with van der Waals surface area (Å²) >= 11 is 0. The Hall–Kier alpha value is -3.59. The number of fused-ring (bicyclic) bond motifs is 1. The third-order valence-electron chi connectivity index (χ3n) is 6.47. The Balaban J connectivity index is 1.21. The molecule has 1 unspecified atom stereocenters. The number of piperazine rings is 1. The first-order valence-electron chi connectivity index (χ1n) is 11.1. The van der Waals surface area contributed by atoms with Gasteiger partial charge in [-0.25, -0.2) is 14.4 Å². The van der Waals surface area contributed by atoms with E-state index in [-0.39, 0.29) is 16.9 Å². The van der Waals surface area contributed by atoms with E-state index in [2.05, 4.69) is 36.1 Å². The molecule has 1 aliphatic carbocycles. The average molecular weight is 449 g/mol. The number of carbonyl (C=O) groups excluding carboxylic acids is 1. The van der Waals surface area contributed by atoms with Gasteiger partial charge in [0.2, 0.25) is 0 Å². The van der Waals surface area contributed by atoms with Crippen LogP contribution in [0.15, 0.2) is 47.4 Å². The van der Waals surface area contributed by atoms with Crippen LogP contribution in [0.25, 0.3) is 16.5 Å². The lowest BCUT2D eigenvalue weighted by molar-refractivity contribution is 0.0958. The van der Waals surface area contributed by atoms with E-state index in [1.165, 1.54) is 12.1 Å². The number of hydrogen-bond acceptors (Lipinski definition) is 6. The van der Waals surface area contributed by atoms with Crippen LogP contribution < -0.4 is 15.8 Å². The van der Waals surface area contributed by atoms with Crippen molar-refractivity contribution in [2.24, 2.45) is 0 Å². The molecule has 3 aromatic rings. The van der Waals surface area contributed by atoms with E-state index in [1.807, 2.05) is 6.07 Å². The zero-order valence-corrected chi connectivity index (χ0v) is 18.3. The van der Waals surface area contributed by atoms with E-state index < -0.39 is 5.82 Å². The van der Waals surface area contributed by atoms with Gasteiger partial charge in [-0.2, -0.15) is 0 Å². The van der Waals surface area contributed by atoms with Gasteiger partial charge >= 0.3 is 0 Å². The number of amides is 1. The quantitative estimate of drug-likeness (QED) is 0.636. The van der Waals surface area contributed by atoms with Crippen molar-refractivity contribution >= 4 is 28.1 Å². The second kappa shape index (κ2) is 8.74. The molecule has 0 saturated carbocycles. The normalized spacial score (nSPS) is 19.0. The summed E-state index contributed by atoms with van der Waals surface area (Å²) in [7, 11) is 1.59. The maximum atomic E-state index is 13.5. The number of pyridine rings is 1. The molecule has 0 bridgehead atoms. The van der Waals surface area contributed by atoms with Gasteiger partial charge < -0.3 is 15.2 Å². The monoisotopic (exact) mass is 448 g/mol. The van der Waals surface area contributed by atoms with Crippen LogP contribution in [-0.2, 0) is 0 Å². The number of nitrogens with zero attached hydrogens (tertiary/aromatic N) is 4. The summed E-state index contributed by atoms with van der Waals surface area (Å²) in [6.45, 7) is 3.60. The lowest BCUT2D eigenvalue weighted by Crippen LogP contribution is -2.50. The first-order chi connectivity index (χ1) is 16.0. The third-order valence-corrected chi connectivity index (χ3v) is 6.47. The Labute approximate surface area is 190 Å². The van der Waals surface area contributed by atoms with Gasteiger partial charge in [0, 0.05) is 39.3 Å². The Kier molecular flexibility index (Phi) is 5.63. The number of halogens is 1. The van der Waals surface area contributed by atoms with Crippen LogP contribution in [0.1, 0.15) is 29.2 Å².